The minimum absolute atomic E-state index is 0.553. The average molecular weight is 295 g/mol. The Morgan fingerprint density at radius 3 is 2.60 bits per heavy atom. The lowest BCUT2D eigenvalue weighted by Crippen LogP contribution is -2.52. The fourth-order valence-corrected chi connectivity index (χ4v) is 2.21. The molecule has 0 radical (unpaired) electrons. The molecule has 0 aliphatic carbocycles. The number of thiazole rings is 1. The van der Waals surface area contributed by atoms with Crippen LogP contribution in [-0.4, -0.2) is 33.4 Å². The summed E-state index contributed by atoms with van der Waals surface area (Å²) in [7, 11) is -1.18. The number of aliphatic hydroxyl groups is 1. The number of aromatic nitrogens is 1. The molecular weight excluding hydrogens is 277 g/mol. The van der Waals surface area contributed by atoms with Gasteiger partial charge >= 0.3 is 7.12 Å². The SMILES string of the molecule is CC(C)(O)C(C)(C)OB(O)c1scnc1-c1ccco1. The van der Waals surface area contributed by atoms with Crippen molar-refractivity contribution in [2.45, 2.75) is 38.9 Å². The minimum atomic E-state index is -1.18. The minimum Gasteiger partial charge on any atom is -0.463 e. The van der Waals surface area contributed by atoms with E-state index in [-0.39, 0.29) is 0 Å². The summed E-state index contributed by atoms with van der Waals surface area (Å²) in [5, 5.41) is 20.4. The summed E-state index contributed by atoms with van der Waals surface area (Å²) < 4.78 is 11.5. The van der Waals surface area contributed by atoms with Crippen LogP contribution in [-0.2, 0) is 4.65 Å². The van der Waals surface area contributed by atoms with Crippen molar-refractivity contribution in [2.75, 3.05) is 0 Å². The summed E-state index contributed by atoms with van der Waals surface area (Å²) in [6.07, 6.45) is 1.55. The Kier molecular flexibility index (Phi) is 4.06. The van der Waals surface area contributed by atoms with Gasteiger partial charge < -0.3 is 19.2 Å². The zero-order chi connectivity index (χ0) is 15.0. The monoisotopic (exact) mass is 295 g/mol. The van der Waals surface area contributed by atoms with E-state index in [1.807, 2.05) is 0 Å². The van der Waals surface area contributed by atoms with Gasteiger partial charge in [0, 0.05) is 0 Å². The van der Waals surface area contributed by atoms with Crippen molar-refractivity contribution in [1.82, 2.24) is 4.98 Å². The van der Waals surface area contributed by atoms with Crippen LogP contribution in [0.2, 0.25) is 0 Å². The van der Waals surface area contributed by atoms with E-state index in [2.05, 4.69) is 4.98 Å². The quantitative estimate of drug-likeness (QED) is 0.820. The number of hydrogen-bond acceptors (Lipinski definition) is 6. The molecule has 0 aliphatic rings. The van der Waals surface area contributed by atoms with E-state index in [0.29, 0.717) is 16.2 Å². The van der Waals surface area contributed by atoms with Gasteiger partial charge in [-0.3, -0.25) is 0 Å². The first-order valence-corrected chi connectivity index (χ1v) is 7.16. The van der Waals surface area contributed by atoms with Crippen molar-refractivity contribution >= 4 is 23.2 Å². The molecular formula is C13H18BNO4S. The van der Waals surface area contributed by atoms with E-state index in [1.165, 1.54) is 11.3 Å². The molecule has 0 spiro atoms. The maximum Gasteiger partial charge on any atom is 0.504 e. The molecule has 0 saturated heterocycles. The Bertz CT molecular complexity index is 559. The molecule has 2 aromatic heterocycles. The normalized spacial score (nSPS) is 12.7. The van der Waals surface area contributed by atoms with Crippen LogP contribution in [0.25, 0.3) is 11.5 Å². The van der Waals surface area contributed by atoms with E-state index >= 15 is 0 Å². The standard InChI is InChI=1S/C13H18BNO4S/c1-12(2,16)13(3,4)19-14(17)11-10(15-8-20-11)9-6-5-7-18-9/h5-8,16-17H,1-4H3. The second-order valence-electron chi connectivity index (χ2n) is 5.58. The summed E-state index contributed by atoms with van der Waals surface area (Å²) >= 11 is 1.28. The molecule has 0 aliphatic heterocycles. The van der Waals surface area contributed by atoms with Gasteiger partial charge in [0.1, 0.15) is 5.69 Å². The van der Waals surface area contributed by atoms with Gasteiger partial charge in [-0.25, -0.2) is 4.98 Å². The lowest BCUT2D eigenvalue weighted by atomic mass is 9.81. The third-order valence-electron chi connectivity index (χ3n) is 3.45. The Hall–Kier alpha value is -1.15. The van der Waals surface area contributed by atoms with Gasteiger partial charge in [0.15, 0.2) is 5.76 Å². The molecule has 0 saturated carbocycles. The fraction of sp³-hybridized carbons (Fsp3) is 0.462. The molecule has 20 heavy (non-hydrogen) atoms. The number of nitrogens with zero attached hydrogens (tertiary/aromatic N) is 1. The largest absolute Gasteiger partial charge is 0.504 e. The van der Waals surface area contributed by atoms with Gasteiger partial charge in [0.25, 0.3) is 0 Å². The summed E-state index contributed by atoms with van der Waals surface area (Å²) in [5.41, 5.74) is 0.163. The van der Waals surface area contributed by atoms with Gasteiger partial charge in [0.2, 0.25) is 0 Å². The van der Waals surface area contributed by atoms with Gasteiger partial charge in [-0.15, -0.1) is 11.3 Å². The van der Waals surface area contributed by atoms with E-state index in [0.717, 1.165) is 0 Å². The molecule has 0 unspecified atom stereocenters. The molecule has 0 fully saturated rings. The van der Waals surface area contributed by atoms with Crippen molar-refractivity contribution in [3.05, 3.63) is 23.9 Å². The van der Waals surface area contributed by atoms with Crippen LogP contribution in [0.1, 0.15) is 27.7 Å². The highest BCUT2D eigenvalue weighted by molar-refractivity contribution is 7.21. The summed E-state index contributed by atoms with van der Waals surface area (Å²) in [6, 6.07) is 3.53. The predicted molar refractivity (Wildman–Crippen MR) is 78.9 cm³/mol. The molecule has 0 aromatic carbocycles. The summed E-state index contributed by atoms with van der Waals surface area (Å²) in [4.78, 5) is 4.19. The molecule has 2 aromatic rings. The van der Waals surface area contributed by atoms with Gasteiger partial charge in [-0.05, 0) is 39.8 Å². The molecule has 0 amide bonds. The van der Waals surface area contributed by atoms with E-state index in [9.17, 15) is 10.1 Å². The Labute approximate surface area is 122 Å². The van der Waals surface area contributed by atoms with E-state index in [4.69, 9.17) is 9.07 Å². The Morgan fingerprint density at radius 2 is 2.05 bits per heavy atom. The van der Waals surface area contributed by atoms with Gasteiger partial charge in [-0.1, -0.05) is 0 Å². The smallest absolute Gasteiger partial charge is 0.463 e. The molecule has 5 nitrogen and oxygen atoms in total. The summed E-state index contributed by atoms with van der Waals surface area (Å²) in [6.45, 7) is 6.73. The van der Waals surface area contributed by atoms with Crippen molar-refractivity contribution in [3.8, 4) is 11.5 Å². The maximum atomic E-state index is 10.3. The Morgan fingerprint density at radius 1 is 1.35 bits per heavy atom. The van der Waals surface area contributed by atoms with E-state index in [1.54, 1.807) is 51.6 Å². The third kappa shape index (κ3) is 2.96. The highest BCUT2D eigenvalue weighted by Crippen LogP contribution is 2.26. The first kappa shape index (κ1) is 15.2. The van der Waals surface area contributed by atoms with Crippen LogP contribution < -0.4 is 4.78 Å². The highest BCUT2D eigenvalue weighted by atomic mass is 32.1. The van der Waals surface area contributed by atoms with E-state index < -0.39 is 18.3 Å². The van der Waals surface area contributed by atoms with Crippen LogP contribution in [0.3, 0.4) is 0 Å². The fourth-order valence-electron chi connectivity index (χ4n) is 1.51. The predicted octanol–water partition coefficient (Wildman–Crippen LogP) is 1.66. The third-order valence-corrected chi connectivity index (χ3v) is 4.31. The zero-order valence-corrected chi connectivity index (χ0v) is 12.8. The van der Waals surface area contributed by atoms with Gasteiger partial charge in [0.05, 0.1) is 27.8 Å². The maximum absolute atomic E-state index is 10.3. The molecule has 0 bridgehead atoms. The molecule has 7 heteroatoms. The Balaban J connectivity index is 2.23. The van der Waals surface area contributed by atoms with Crippen molar-refractivity contribution in [1.29, 1.82) is 0 Å². The van der Waals surface area contributed by atoms with Crippen molar-refractivity contribution in [2.24, 2.45) is 0 Å². The number of furan rings is 1. The first-order valence-electron chi connectivity index (χ1n) is 6.28. The lowest BCUT2D eigenvalue weighted by Gasteiger charge is -2.38. The second-order valence-corrected chi connectivity index (χ2v) is 6.47. The molecule has 108 valence electrons. The molecule has 2 rings (SSSR count). The number of hydrogen-bond donors (Lipinski definition) is 2. The van der Waals surface area contributed by atoms with Crippen LogP contribution in [0.4, 0.5) is 0 Å². The van der Waals surface area contributed by atoms with Crippen LogP contribution in [0.15, 0.2) is 28.3 Å². The molecule has 2 heterocycles. The zero-order valence-electron chi connectivity index (χ0n) is 12.0. The topological polar surface area (TPSA) is 75.7 Å². The number of rotatable bonds is 5. The highest BCUT2D eigenvalue weighted by Gasteiger charge is 2.40. The first-order chi connectivity index (χ1) is 9.22. The van der Waals surface area contributed by atoms with Gasteiger partial charge in [-0.2, -0.15) is 0 Å². The summed E-state index contributed by atoms with van der Waals surface area (Å²) in [5.74, 6) is 0.574. The van der Waals surface area contributed by atoms with Crippen molar-refractivity contribution in [3.63, 3.8) is 0 Å². The van der Waals surface area contributed by atoms with Crippen LogP contribution in [0, 0.1) is 0 Å². The average Bonchev–Trinajstić information content (AvgIpc) is 2.97. The second kappa shape index (κ2) is 5.33. The lowest BCUT2D eigenvalue weighted by molar-refractivity contribution is -0.0981. The van der Waals surface area contributed by atoms with Crippen molar-refractivity contribution < 1.29 is 19.2 Å². The molecule has 0 atom stereocenters. The molecule has 2 N–H and O–H groups in total. The van der Waals surface area contributed by atoms with Crippen LogP contribution >= 0.6 is 11.3 Å². The van der Waals surface area contributed by atoms with Crippen LogP contribution in [0.5, 0.6) is 0 Å².